The molecule has 8 heteroatoms. The van der Waals surface area contributed by atoms with Gasteiger partial charge in [-0.3, -0.25) is 4.79 Å². The number of amides is 1. The molecular weight excluding hydrogens is 282 g/mol. The molecule has 0 spiro atoms. The molecule has 1 amide bonds. The van der Waals surface area contributed by atoms with Crippen LogP contribution in [0, 0.1) is 5.82 Å². The van der Waals surface area contributed by atoms with E-state index in [1.54, 1.807) is 0 Å². The van der Waals surface area contributed by atoms with Crippen LogP contribution in [0.4, 0.5) is 17.6 Å². The number of halogens is 4. The second kappa shape index (κ2) is 6.19. The summed E-state index contributed by atoms with van der Waals surface area (Å²) in [5, 5.41) is 21.4. The Bertz CT molecular complexity index is 490. The van der Waals surface area contributed by atoms with Crippen LogP contribution in [0.5, 0.6) is 0 Å². The molecule has 0 saturated carbocycles. The van der Waals surface area contributed by atoms with E-state index in [2.05, 4.69) is 5.32 Å². The van der Waals surface area contributed by atoms with Crippen molar-refractivity contribution in [3.05, 3.63) is 35.1 Å². The third-order valence-electron chi connectivity index (χ3n) is 2.57. The van der Waals surface area contributed by atoms with Crippen molar-refractivity contribution < 1.29 is 32.6 Å². The summed E-state index contributed by atoms with van der Waals surface area (Å²) in [5.41, 5.74) is -1.67. The van der Waals surface area contributed by atoms with Crippen molar-refractivity contribution in [2.45, 2.75) is 25.3 Å². The van der Waals surface area contributed by atoms with E-state index >= 15 is 0 Å². The molecule has 3 N–H and O–H groups in total. The number of alkyl halides is 3. The average molecular weight is 295 g/mol. The van der Waals surface area contributed by atoms with E-state index < -0.39 is 41.2 Å². The summed E-state index contributed by atoms with van der Waals surface area (Å²) < 4.78 is 50.6. The Morgan fingerprint density at radius 3 is 2.40 bits per heavy atom. The van der Waals surface area contributed by atoms with Gasteiger partial charge in [-0.25, -0.2) is 4.39 Å². The number of nitrogens with one attached hydrogen (secondary N) is 1. The normalized spacial score (nSPS) is 14.8. The Kier molecular flexibility index (Phi) is 5.07. The molecule has 0 aliphatic rings. The van der Waals surface area contributed by atoms with Gasteiger partial charge in [-0.15, -0.1) is 0 Å². The summed E-state index contributed by atoms with van der Waals surface area (Å²) in [5.74, 6) is -1.75. The van der Waals surface area contributed by atoms with Gasteiger partial charge in [-0.2, -0.15) is 13.2 Å². The first-order valence-electron chi connectivity index (χ1n) is 5.60. The largest absolute Gasteiger partial charge is 0.416 e. The van der Waals surface area contributed by atoms with Crippen molar-refractivity contribution >= 4 is 5.91 Å². The van der Waals surface area contributed by atoms with Crippen LogP contribution in [0.1, 0.15) is 24.2 Å². The molecule has 0 saturated heterocycles. The number of benzene rings is 1. The molecule has 0 heterocycles. The van der Waals surface area contributed by atoms with Crippen molar-refractivity contribution in [1.82, 2.24) is 5.32 Å². The lowest BCUT2D eigenvalue weighted by molar-refractivity contribution is -0.137. The Hall–Kier alpha value is -1.67. The lowest BCUT2D eigenvalue weighted by Gasteiger charge is -2.19. The van der Waals surface area contributed by atoms with Gasteiger partial charge in [0.15, 0.2) is 0 Å². The Morgan fingerprint density at radius 2 is 1.95 bits per heavy atom. The van der Waals surface area contributed by atoms with Crippen molar-refractivity contribution in [3.63, 3.8) is 0 Å². The minimum absolute atomic E-state index is 0.240. The molecule has 0 aliphatic heterocycles. The predicted molar refractivity (Wildman–Crippen MR) is 61.1 cm³/mol. The number of hydrogen-bond donors (Lipinski definition) is 3. The molecule has 1 aromatic rings. The SMILES string of the molecule is CC(=O)NCC(O)C(O)c1ccc(C(F)(F)F)cc1F. The monoisotopic (exact) mass is 295 g/mol. The van der Waals surface area contributed by atoms with Gasteiger partial charge in [0.25, 0.3) is 0 Å². The minimum Gasteiger partial charge on any atom is -0.388 e. The summed E-state index contributed by atoms with van der Waals surface area (Å²) in [6.07, 6.45) is -7.98. The number of hydrogen-bond acceptors (Lipinski definition) is 3. The lowest BCUT2D eigenvalue weighted by Crippen LogP contribution is -2.34. The fourth-order valence-electron chi connectivity index (χ4n) is 1.51. The summed E-state index contributed by atoms with van der Waals surface area (Å²) in [7, 11) is 0. The van der Waals surface area contributed by atoms with Crippen molar-refractivity contribution in [2.24, 2.45) is 0 Å². The van der Waals surface area contributed by atoms with Gasteiger partial charge in [-0.1, -0.05) is 6.07 Å². The maximum Gasteiger partial charge on any atom is 0.416 e. The number of aliphatic hydroxyl groups is 2. The third kappa shape index (κ3) is 4.17. The van der Waals surface area contributed by atoms with Gasteiger partial charge in [0, 0.05) is 19.0 Å². The zero-order valence-electron chi connectivity index (χ0n) is 10.4. The van der Waals surface area contributed by atoms with E-state index in [1.807, 2.05) is 0 Å². The van der Waals surface area contributed by atoms with Crippen LogP contribution in [0.2, 0.25) is 0 Å². The number of carbonyl (C=O) groups excluding carboxylic acids is 1. The topological polar surface area (TPSA) is 69.6 Å². The number of carbonyl (C=O) groups is 1. The Balaban J connectivity index is 2.88. The van der Waals surface area contributed by atoms with Gasteiger partial charge in [0.2, 0.25) is 5.91 Å². The zero-order chi connectivity index (χ0) is 15.5. The molecule has 4 nitrogen and oxygen atoms in total. The van der Waals surface area contributed by atoms with Crippen molar-refractivity contribution in [3.8, 4) is 0 Å². The quantitative estimate of drug-likeness (QED) is 0.735. The molecule has 0 aliphatic carbocycles. The molecule has 2 atom stereocenters. The van der Waals surface area contributed by atoms with E-state index in [9.17, 15) is 32.6 Å². The first-order chi connectivity index (χ1) is 9.12. The molecule has 2 unspecified atom stereocenters. The van der Waals surface area contributed by atoms with E-state index in [0.717, 1.165) is 6.07 Å². The van der Waals surface area contributed by atoms with Gasteiger partial charge in [-0.05, 0) is 12.1 Å². The Morgan fingerprint density at radius 1 is 1.35 bits per heavy atom. The Labute approximate surface area is 112 Å². The fourth-order valence-corrected chi connectivity index (χ4v) is 1.51. The molecule has 1 rings (SSSR count). The van der Waals surface area contributed by atoms with Gasteiger partial charge >= 0.3 is 6.18 Å². The van der Waals surface area contributed by atoms with E-state index in [4.69, 9.17) is 0 Å². The van der Waals surface area contributed by atoms with Crippen LogP contribution in [0.15, 0.2) is 18.2 Å². The third-order valence-corrected chi connectivity index (χ3v) is 2.57. The minimum atomic E-state index is -4.70. The average Bonchev–Trinajstić information content (AvgIpc) is 2.33. The van der Waals surface area contributed by atoms with E-state index in [0.29, 0.717) is 6.07 Å². The van der Waals surface area contributed by atoms with Gasteiger partial charge in [0.05, 0.1) is 5.56 Å². The predicted octanol–water partition coefficient (Wildman–Crippen LogP) is 1.37. The van der Waals surface area contributed by atoms with Gasteiger partial charge < -0.3 is 15.5 Å². The number of aliphatic hydroxyl groups excluding tert-OH is 2. The molecule has 0 bridgehead atoms. The molecule has 1 aromatic carbocycles. The molecule has 0 aromatic heterocycles. The van der Waals surface area contributed by atoms with Crippen LogP contribution in [0.3, 0.4) is 0 Å². The summed E-state index contributed by atoms with van der Waals surface area (Å²) in [6, 6.07) is 1.59. The standard InChI is InChI=1S/C12H13F4NO3/c1-6(18)17-5-10(19)11(20)8-3-2-7(4-9(8)13)12(14,15)16/h2-4,10-11,19-20H,5H2,1H3,(H,17,18). The lowest BCUT2D eigenvalue weighted by atomic mass is 10.0. The van der Waals surface area contributed by atoms with Crippen LogP contribution in [-0.2, 0) is 11.0 Å². The molecule has 20 heavy (non-hydrogen) atoms. The van der Waals surface area contributed by atoms with Crippen LogP contribution < -0.4 is 5.32 Å². The van der Waals surface area contributed by atoms with Crippen molar-refractivity contribution in [1.29, 1.82) is 0 Å². The van der Waals surface area contributed by atoms with E-state index in [1.165, 1.54) is 6.92 Å². The highest BCUT2D eigenvalue weighted by atomic mass is 19.4. The zero-order valence-corrected chi connectivity index (χ0v) is 10.4. The van der Waals surface area contributed by atoms with Gasteiger partial charge in [0.1, 0.15) is 18.0 Å². The second-order valence-electron chi connectivity index (χ2n) is 4.18. The van der Waals surface area contributed by atoms with Crippen LogP contribution in [-0.4, -0.2) is 28.8 Å². The van der Waals surface area contributed by atoms with Crippen LogP contribution in [0.25, 0.3) is 0 Å². The fraction of sp³-hybridized carbons (Fsp3) is 0.417. The van der Waals surface area contributed by atoms with E-state index in [-0.39, 0.29) is 12.6 Å². The molecule has 0 fully saturated rings. The first kappa shape index (κ1) is 16.4. The number of rotatable bonds is 4. The highest BCUT2D eigenvalue weighted by molar-refractivity contribution is 5.72. The highest BCUT2D eigenvalue weighted by Gasteiger charge is 2.32. The summed E-state index contributed by atoms with van der Waals surface area (Å²) >= 11 is 0. The molecule has 112 valence electrons. The maximum absolute atomic E-state index is 13.5. The van der Waals surface area contributed by atoms with Crippen molar-refractivity contribution in [2.75, 3.05) is 6.54 Å². The first-order valence-corrected chi connectivity index (χ1v) is 5.60. The molecule has 0 radical (unpaired) electrons. The smallest absolute Gasteiger partial charge is 0.388 e. The second-order valence-corrected chi connectivity index (χ2v) is 4.18. The van der Waals surface area contributed by atoms with Crippen LogP contribution >= 0.6 is 0 Å². The maximum atomic E-state index is 13.5. The highest BCUT2D eigenvalue weighted by Crippen LogP contribution is 2.31. The molecular formula is C12H13F4NO3. The summed E-state index contributed by atoms with van der Waals surface area (Å²) in [4.78, 5) is 10.6. The summed E-state index contributed by atoms with van der Waals surface area (Å²) in [6.45, 7) is 0.828.